The Morgan fingerprint density at radius 2 is 2.37 bits per heavy atom. The molecule has 1 aromatic heterocycles. The van der Waals surface area contributed by atoms with Crippen LogP contribution in [-0.4, -0.2) is 46.8 Å². The van der Waals surface area contributed by atoms with Gasteiger partial charge in [-0.2, -0.15) is 16.1 Å². The molecule has 0 aromatic carbocycles. The van der Waals surface area contributed by atoms with Crippen molar-refractivity contribution in [2.45, 2.75) is 17.9 Å². The molecule has 1 aliphatic rings. The molecule has 1 atom stereocenters. The topological polar surface area (TPSA) is 76.3 Å². The molecule has 1 unspecified atom stereocenters. The first-order valence-corrected chi connectivity index (χ1v) is 8.79. The summed E-state index contributed by atoms with van der Waals surface area (Å²) in [7, 11) is -3.60. The van der Waals surface area contributed by atoms with Crippen LogP contribution >= 0.6 is 24.0 Å². The van der Waals surface area contributed by atoms with Gasteiger partial charge in [0.1, 0.15) is 15.6 Å². The molecule has 5 nitrogen and oxygen atoms in total. The Kier molecular flexibility index (Phi) is 4.44. The molecule has 0 aliphatic carbocycles. The predicted molar refractivity (Wildman–Crippen MR) is 80.8 cm³/mol. The quantitative estimate of drug-likeness (QED) is 0.833. The maximum Gasteiger partial charge on any atom is 0.245 e. The molecule has 19 heavy (non-hydrogen) atoms. The second-order valence-electron chi connectivity index (χ2n) is 4.25. The Labute approximate surface area is 122 Å². The van der Waals surface area contributed by atoms with Crippen molar-refractivity contribution in [1.82, 2.24) is 9.29 Å². The number of nitrogens with zero attached hydrogens (tertiary/aromatic N) is 2. The number of thiocarbonyl (C=S) groups is 1. The average Bonchev–Trinajstić information content (AvgIpc) is 2.39. The van der Waals surface area contributed by atoms with E-state index < -0.39 is 10.0 Å². The molecular weight excluding hydrogens is 302 g/mol. The average molecular weight is 317 g/mol. The van der Waals surface area contributed by atoms with Crippen molar-refractivity contribution in [1.29, 1.82) is 0 Å². The van der Waals surface area contributed by atoms with E-state index in [9.17, 15) is 8.42 Å². The summed E-state index contributed by atoms with van der Waals surface area (Å²) in [5.74, 6) is 1.59. The van der Waals surface area contributed by atoms with Gasteiger partial charge in [-0.15, -0.1) is 0 Å². The third-order valence-electron chi connectivity index (χ3n) is 2.90. The molecule has 2 N–H and O–H groups in total. The zero-order valence-electron chi connectivity index (χ0n) is 10.4. The van der Waals surface area contributed by atoms with E-state index in [0.29, 0.717) is 6.54 Å². The summed E-state index contributed by atoms with van der Waals surface area (Å²) in [6, 6.07) is 3.05. The van der Waals surface area contributed by atoms with Crippen LogP contribution < -0.4 is 5.73 Å². The summed E-state index contributed by atoms with van der Waals surface area (Å²) < 4.78 is 26.9. The van der Waals surface area contributed by atoms with E-state index in [-0.39, 0.29) is 21.6 Å². The number of hydrogen-bond donors (Lipinski definition) is 1. The van der Waals surface area contributed by atoms with Crippen LogP contribution in [0.15, 0.2) is 23.2 Å². The zero-order chi connectivity index (χ0) is 14.0. The third kappa shape index (κ3) is 2.91. The highest BCUT2D eigenvalue weighted by molar-refractivity contribution is 7.99. The van der Waals surface area contributed by atoms with Gasteiger partial charge in [0.15, 0.2) is 0 Å². The number of nitrogens with two attached hydrogens (primary N) is 1. The van der Waals surface area contributed by atoms with Crippen LogP contribution in [0.3, 0.4) is 0 Å². The fraction of sp³-hybridized carbons (Fsp3) is 0.455. The molecule has 2 rings (SSSR count). The minimum Gasteiger partial charge on any atom is -0.388 e. The van der Waals surface area contributed by atoms with E-state index in [0.717, 1.165) is 11.5 Å². The fourth-order valence-electron chi connectivity index (χ4n) is 1.98. The van der Waals surface area contributed by atoms with Gasteiger partial charge < -0.3 is 5.73 Å². The van der Waals surface area contributed by atoms with Crippen LogP contribution in [0.25, 0.3) is 0 Å². The summed E-state index contributed by atoms with van der Waals surface area (Å²) >= 11 is 6.63. The van der Waals surface area contributed by atoms with Crippen molar-refractivity contribution >= 4 is 39.0 Å². The summed E-state index contributed by atoms with van der Waals surface area (Å²) in [6.45, 7) is 2.40. The van der Waals surface area contributed by atoms with Crippen LogP contribution in [0.2, 0.25) is 0 Å². The fourth-order valence-corrected chi connectivity index (χ4v) is 5.22. The lowest BCUT2D eigenvalue weighted by atomic mass is 10.3. The van der Waals surface area contributed by atoms with Crippen molar-refractivity contribution in [3.63, 3.8) is 0 Å². The lowest BCUT2D eigenvalue weighted by molar-refractivity contribution is 0.367. The number of sulfonamides is 1. The number of rotatable bonds is 3. The zero-order valence-corrected chi connectivity index (χ0v) is 12.9. The summed E-state index contributed by atoms with van der Waals surface area (Å²) in [6.07, 6.45) is 1.49. The standard InChI is InChI=1S/C11H15N3O2S3/c1-8-7-18-6-5-14(8)19(15,16)9-3-2-4-13-10(9)11(12)17/h2-4,8H,5-7H2,1H3,(H2,12,17). The van der Waals surface area contributed by atoms with Crippen molar-refractivity contribution < 1.29 is 8.42 Å². The van der Waals surface area contributed by atoms with Crippen molar-refractivity contribution in [2.75, 3.05) is 18.1 Å². The summed E-state index contributed by atoms with van der Waals surface area (Å²) in [4.78, 5) is 4.08. The van der Waals surface area contributed by atoms with Gasteiger partial charge in [0.2, 0.25) is 10.0 Å². The highest BCUT2D eigenvalue weighted by Crippen LogP contribution is 2.25. The Morgan fingerprint density at radius 3 is 3.00 bits per heavy atom. The molecule has 0 amide bonds. The van der Waals surface area contributed by atoms with Gasteiger partial charge in [0, 0.05) is 30.3 Å². The first-order chi connectivity index (χ1) is 8.94. The minimum atomic E-state index is -3.60. The van der Waals surface area contributed by atoms with E-state index in [2.05, 4.69) is 4.98 Å². The van der Waals surface area contributed by atoms with Gasteiger partial charge in [-0.3, -0.25) is 4.98 Å². The van der Waals surface area contributed by atoms with Crippen LogP contribution in [0.4, 0.5) is 0 Å². The highest BCUT2D eigenvalue weighted by Gasteiger charge is 2.33. The Bertz CT molecular complexity index is 589. The van der Waals surface area contributed by atoms with Gasteiger partial charge >= 0.3 is 0 Å². The Morgan fingerprint density at radius 1 is 1.63 bits per heavy atom. The van der Waals surface area contributed by atoms with Gasteiger partial charge in [-0.25, -0.2) is 8.42 Å². The van der Waals surface area contributed by atoms with Crippen molar-refractivity contribution in [3.8, 4) is 0 Å². The van der Waals surface area contributed by atoms with E-state index in [4.69, 9.17) is 18.0 Å². The predicted octanol–water partition coefficient (Wildman–Crippen LogP) is 0.842. The Hall–Kier alpha value is -0.700. The number of hydrogen-bond acceptors (Lipinski definition) is 5. The lowest BCUT2D eigenvalue weighted by Gasteiger charge is -2.32. The largest absolute Gasteiger partial charge is 0.388 e. The second-order valence-corrected chi connectivity index (χ2v) is 7.70. The first kappa shape index (κ1) is 14.7. The molecule has 1 aromatic rings. The maximum absolute atomic E-state index is 12.7. The van der Waals surface area contributed by atoms with E-state index in [1.807, 2.05) is 6.92 Å². The van der Waals surface area contributed by atoms with Gasteiger partial charge in [-0.05, 0) is 19.1 Å². The van der Waals surface area contributed by atoms with Crippen molar-refractivity contribution in [3.05, 3.63) is 24.0 Å². The number of aromatic nitrogens is 1. The Balaban J connectivity index is 2.47. The van der Waals surface area contributed by atoms with E-state index in [1.54, 1.807) is 17.8 Å². The monoisotopic (exact) mass is 317 g/mol. The molecule has 1 saturated heterocycles. The summed E-state index contributed by atoms with van der Waals surface area (Å²) in [5, 5.41) is 0. The smallest absolute Gasteiger partial charge is 0.245 e. The normalized spacial score (nSPS) is 21.2. The molecule has 0 bridgehead atoms. The maximum atomic E-state index is 12.7. The second kappa shape index (κ2) is 5.74. The van der Waals surface area contributed by atoms with Crippen LogP contribution in [-0.2, 0) is 10.0 Å². The molecule has 0 saturated carbocycles. The molecule has 8 heteroatoms. The molecule has 0 spiro atoms. The third-order valence-corrected chi connectivity index (χ3v) is 6.33. The van der Waals surface area contributed by atoms with Gasteiger partial charge in [0.25, 0.3) is 0 Å². The number of thioether (sulfide) groups is 1. The first-order valence-electron chi connectivity index (χ1n) is 5.79. The van der Waals surface area contributed by atoms with Gasteiger partial charge in [0.05, 0.1) is 0 Å². The van der Waals surface area contributed by atoms with Crippen LogP contribution in [0, 0.1) is 0 Å². The van der Waals surface area contributed by atoms with Crippen molar-refractivity contribution in [2.24, 2.45) is 5.73 Å². The molecule has 0 radical (unpaired) electrons. The number of pyridine rings is 1. The van der Waals surface area contributed by atoms with E-state index in [1.165, 1.54) is 16.6 Å². The molecule has 104 valence electrons. The lowest BCUT2D eigenvalue weighted by Crippen LogP contribution is -2.44. The van der Waals surface area contributed by atoms with Crippen LogP contribution in [0.5, 0.6) is 0 Å². The molecule has 1 aliphatic heterocycles. The molecular formula is C11H15N3O2S3. The van der Waals surface area contributed by atoms with Gasteiger partial charge in [-0.1, -0.05) is 12.2 Å². The minimum absolute atomic E-state index is 0.00166. The van der Waals surface area contributed by atoms with Crippen LogP contribution in [0.1, 0.15) is 12.6 Å². The SMILES string of the molecule is CC1CSCCN1S(=O)(=O)c1cccnc1C(N)=S. The molecule has 1 fully saturated rings. The van der Waals surface area contributed by atoms with E-state index >= 15 is 0 Å². The highest BCUT2D eigenvalue weighted by atomic mass is 32.2. The summed E-state index contributed by atoms with van der Waals surface area (Å²) in [5.41, 5.74) is 5.73. The molecule has 2 heterocycles.